The molecule has 2 heterocycles. The van der Waals surface area contributed by atoms with Gasteiger partial charge >= 0.3 is 0 Å². The Morgan fingerprint density at radius 2 is 2.15 bits per heavy atom. The summed E-state index contributed by atoms with van der Waals surface area (Å²) in [6.45, 7) is 2.61. The summed E-state index contributed by atoms with van der Waals surface area (Å²) < 4.78 is 5.69. The minimum absolute atomic E-state index is 0.535. The van der Waals surface area contributed by atoms with Gasteiger partial charge in [0, 0.05) is 24.3 Å². The number of aryl methyl sites for hydroxylation is 1. The molecule has 20 heavy (non-hydrogen) atoms. The first-order valence-corrected chi connectivity index (χ1v) is 7.08. The van der Waals surface area contributed by atoms with Crippen molar-refractivity contribution in [2.24, 2.45) is 0 Å². The van der Waals surface area contributed by atoms with Crippen LogP contribution in [0.1, 0.15) is 24.2 Å². The summed E-state index contributed by atoms with van der Waals surface area (Å²) in [7, 11) is 0. The highest BCUT2D eigenvalue weighted by atomic mass is 35.5. The van der Waals surface area contributed by atoms with Gasteiger partial charge in [0.2, 0.25) is 5.88 Å². The average molecular weight is 290 g/mol. The molecule has 0 aliphatic heterocycles. The van der Waals surface area contributed by atoms with Gasteiger partial charge in [-0.25, -0.2) is 4.98 Å². The smallest absolute Gasteiger partial charge is 0.219 e. The monoisotopic (exact) mass is 289 g/mol. The summed E-state index contributed by atoms with van der Waals surface area (Å²) in [4.78, 5) is 8.64. The maximum atomic E-state index is 6.15. The van der Waals surface area contributed by atoms with E-state index < -0.39 is 0 Å². The highest BCUT2D eigenvalue weighted by molar-refractivity contribution is 6.31. The van der Waals surface area contributed by atoms with Crippen molar-refractivity contribution < 1.29 is 4.74 Å². The number of nitrogens with one attached hydrogen (secondary N) is 1. The minimum atomic E-state index is 0.535. The molecule has 3 rings (SSSR count). The normalized spacial score (nSPS) is 14.3. The number of nitrogens with zero attached hydrogens (tertiary/aromatic N) is 2. The van der Waals surface area contributed by atoms with E-state index in [1.54, 1.807) is 12.3 Å². The summed E-state index contributed by atoms with van der Waals surface area (Å²) in [5.41, 5.74) is 1.77. The first-order valence-electron chi connectivity index (χ1n) is 6.70. The zero-order valence-electron chi connectivity index (χ0n) is 11.3. The lowest BCUT2D eigenvalue weighted by Gasteiger charge is -2.09. The fraction of sp³-hybridized carbons (Fsp3) is 0.333. The van der Waals surface area contributed by atoms with Crippen LogP contribution in [0.25, 0.3) is 0 Å². The quantitative estimate of drug-likeness (QED) is 0.915. The molecule has 1 saturated carbocycles. The second-order valence-corrected chi connectivity index (χ2v) is 5.38. The number of hydrogen-bond acceptors (Lipinski definition) is 4. The van der Waals surface area contributed by atoms with Gasteiger partial charge < -0.3 is 10.1 Å². The maximum Gasteiger partial charge on any atom is 0.219 e. The van der Waals surface area contributed by atoms with E-state index in [0.29, 0.717) is 29.2 Å². The molecule has 4 nitrogen and oxygen atoms in total. The summed E-state index contributed by atoms with van der Waals surface area (Å²) in [5.74, 6) is 1.21. The summed E-state index contributed by atoms with van der Waals surface area (Å²) in [5, 5.41) is 4.06. The van der Waals surface area contributed by atoms with Crippen molar-refractivity contribution in [2.75, 3.05) is 0 Å². The highest BCUT2D eigenvalue weighted by Crippen LogP contribution is 2.24. The van der Waals surface area contributed by atoms with Crippen LogP contribution in [0, 0.1) is 6.92 Å². The Labute approximate surface area is 123 Å². The molecule has 1 aliphatic carbocycles. The van der Waals surface area contributed by atoms with Crippen molar-refractivity contribution in [3.05, 3.63) is 46.9 Å². The van der Waals surface area contributed by atoms with Gasteiger partial charge in [-0.1, -0.05) is 11.6 Å². The van der Waals surface area contributed by atoms with Crippen molar-refractivity contribution >= 4 is 11.6 Å². The van der Waals surface area contributed by atoms with Gasteiger partial charge in [0.15, 0.2) is 0 Å². The first-order chi connectivity index (χ1) is 9.70. The third kappa shape index (κ3) is 3.46. The SMILES string of the molecule is Cc1ccc(Oc2ccc(Cl)c(CNC3CC3)n2)cn1. The molecule has 0 radical (unpaired) electrons. The number of hydrogen-bond donors (Lipinski definition) is 1. The molecule has 5 heteroatoms. The molecule has 0 spiro atoms. The molecule has 0 aromatic carbocycles. The van der Waals surface area contributed by atoms with Crippen LogP contribution in [0.3, 0.4) is 0 Å². The van der Waals surface area contributed by atoms with Gasteiger partial charge in [0.1, 0.15) is 5.75 Å². The molecule has 1 N–H and O–H groups in total. The fourth-order valence-electron chi connectivity index (χ4n) is 1.81. The molecule has 0 bridgehead atoms. The van der Waals surface area contributed by atoms with Gasteiger partial charge in [-0.2, -0.15) is 0 Å². The van der Waals surface area contributed by atoms with E-state index in [4.69, 9.17) is 16.3 Å². The second-order valence-electron chi connectivity index (χ2n) is 4.97. The largest absolute Gasteiger partial charge is 0.437 e. The molecular formula is C15H16ClN3O. The second kappa shape index (κ2) is 5.77. The van der Waals surface area contributed by atoms with E-state index in [0.717, 1.165) is 11.4 Å². The first kappa shape index (κ1) is 13.3. The lowest BCUT2D eigenvalue weighted by atomic mass is 10.3. The van der Waals surface area contributed by atoms with Gasteiger partial charge in [-0.3, -0.25) is 4.98 Å². The average Bonchev–Trinajstić information content (AvgIpc) is 3.26. The third-order valence-corrected chi connectivity index (χ3v) is 3.48. The molecule has 0 unspecified atom stereocenters. The van der Waals surface area contributed by atoms with Crippen LogP contribution in [0.5, 0.6) is 11.6 Å². The van der Waals surface area contributed by atoms with Crippen LogP contribution in [0.4, 0.5) is 0 Å². The Morgan fingerprint density at radius 1 is 1.30 bits per heavy atom. The fourth-order valence-corrected chi connectivity index (χ4v) is 1.98. The van der Waals surface area contributed by atoms with Gasteiger partial charge in [0.25, 0.3) is 0 Å². The Kier molecular flexibility index (Phi) is 3.85. The van der Waals surface area contributed by atoms with Gasteiger partial charge in [-0.05, 0) is 38.0 Å². The standard InChI is InChI=1S/C15H16ClN3O/c1-10-2-5-12(8-17-10)20-15-7-6-13(16)14(19-15)9-18-11-3-4-11/h2,5-8,11,18H,3-4,9H2,1H3. The predicted octanol–water partition coefficient (Wildman–Crippen LogP) is 3.48. The maximum absolute atomic E-state index is 6.15. The molecule has 2 aromatic heterocycles. The Hall–Kier alpha value is -1.65. The zero-order valence-corrected chi connectivity index (χ0v) is 12.0. The lowest BCUT2D eigenvalue weighted by Crippen LogP contribution is -2.16. The predicted molar refractivity (Wildman–Crippen MR) is 78.2 cm³/mol. The lowest BCUT2D eigenvalue weighted by molar-refractivity contribution is 0.457. The Bertz CT molecular complexity index is 597. The number of ether oxygens (including phenoxy) is 1. The van der Waals surface area contributed by atoms with E-state index in [-0.39, 0.29) is 0 Å². The molecule has 104 valence electrons. The van der Waals surface area contributed by atoms with Crippen LogP contribution >= 0.6 is 11.6 Å². The Balaban J connectivity index is 1.71. The van der Waals surface area contributed by atoms with E-state index in [1.807, 2.05) is 25.1 Å². The van der Waals surface area contributed by atoms with Crippen LogP contribution in [0.15, 0.2) is 30.5 Å². The van der Waals surface area contributed by atoms with E-state index in [9.17, 15) is 0 Å². The molecule has 1 aliphatic rings. The Morgan fingerprint density at radius 3 is 2.85 bits per heavy atom. The van der Waals surface area contributed by atoms with Gasteiger partial charge in [-0.15, -0.1) is 0 Å². The number of pyridine rings is 2. The molecule has 0 saturated heterocycles. The number of rotatable bonds is 5. The van der Waals surface area contributed by atoms with Crippen molar-refractivity contribution in [1.29, 1.82) is 0 Å². The van der Waals surface area contributed by atoms with Crippen molar-refractivity contribution in [3.8, 4) is 11.6 Å². The minimum Gasteiger partial charge on any atom is -0.437 e. The summed E-state index contributed by atoms with van der Waals surface area (Å²) in [6, 6.07) is 7.98. The van der Waals surface area contributed by atoms with Crippen LogP contribution < -0.4 is 10.1 Å². The van der Waals surface area contributed by atoms with E-state index in [1.165, 1.54) is 12.8 Å². The summed E-state index contributed by atoms with van der Waals surface area (Å²) in [6.07, 6.45) is 4.17. The van der Waals surface area contributed by atoms with Crippen molar-refractivity contribution in [3.63, 3.8) is 0 Å². The molecule has 2 aromatic rings. The summed E-state index contributed by atoms with van der Waals surface area (Å²) >= 11 is 6.15. The number of aromatic nitrogens is 2. The van der Waals surface area contributed by atoms with Gasteiger partial charge in [0.05, 0.1) is 16.9 Å². The third-order valence-electron chi connectivity index (χ3n) is 3.14. The zero-order chi connectivity index (χ0) is 13.9. The van der Waals surface area contributed by atoms with Crippen molar-refractivity contribution in [1.82, 2.24) is 15.3 Å². The molecule has 1 fully saturated rings. The van der Waals surface area contributed by atoms with Crippen molar-refractivity contribution in [2.45, 2.75) is 32.4 Å². The van der Waals surface area contributed by atoms with Crippen LogP contribution in [0.2, 0.25) is 5.02 Å². The molecular weight excluding hydrogens is 274 g/mol. The topological polar surface area (TPSA) is 47.0 Å². The van der Waals surface area contributed by atoms with E-state index >= 15 is 0 Å². The number of halogens is 1. The molecule has 0 atom stereocenters. The van der Waals surface area contributed by atoms with E-state index in [2.05, 4.69) is 15.3 Å². The van der Waals surface area contributed by atoms with Crippen LogP contribution in [-0.2, 0) is 6.54 Å². The molecule has 0 amide bonds. The van der Waals surface area contributed by atoms with Crippen LogP contribution in [-0.4, -0.2) is 16.0 Å². The highest BCUT2D eigenvalue weighted by Gasteiger charge is 2.20.